The number of thiazole rings is 1. The number of amides is 1. The number of rotatable bonds is 8. The molecule has 0 radical (unpaired) electrons. The van der Waals surface area contributed by atoms with Gasteiger partial charge < -0.3 is 14.6 Å². The molecule has 1 N–H and O–H groups in total. The molecule has 3 aromatic heterocycles. The summed E-state index contributed by atoms with van der Waals surface area (Å²) in [5.41, 5.74) is 0.852. The third-order valence-corrected chi connectivity index (χ3v) is 5.53. The first-order valence-corrected chi connectivity index (χ1v) is 10.5. The molecular formula is C19H14F2N4O3S2. The van der Waals surface area contributed by atoms with Crippen LogP contribution in [-0.2, 0) is 11.2 Å². The van der Waals surface area contributed by atoms with Crippen LogP contribution in [0.2, 0.25) is 0 Å². The van der Waals surface area contributed by atoms with Gasteiger partial charge in [0.2, 0.25) is 17.6 Å². The minimum atomic E-state index is -2.94. The molecule has 3 heterocycles. The first-order valence-electron chi connectivity index (χ1n) is 8.74. The van der Waals surface area contributed by atoms with Crippen LogP contribution in [-0.4, -0.2) is 27.6 Å². The molecule has 0 aliphatic heterocycles. The molecule has 1 aromatic carbocycles. The fourth-order valence-corrected chi connectivity index (χ4v) is 3.97. The van der Waals surface area contributed by atoms with Gasteiger partial charge in [0.1, 0.15) is 5.75 Å². The van der Waals surface area contributed by atoms with E-state index in [2.05, 4.69) is 25.2 Å². The minimum Gasteiger partial charge on any atom is -0.434 e. The van der Waals surface area contributed by atoms with Crippen molar-refractivity contribution in [1.82, 2.24) is 15.1 Å². The summed E-state index contributed by atoms with van der Waals surface area (Å²) in [5.74, 6) is 0.610. The molecule has 0 saturated carbocycles. The number of nitrogens with zero attached hydrogens (tertiary/aromatic N) is 3. The van der Waals surface area contributed by atoms with E-state index in [1.807, 2.05) is 17.5 Å². The molecule has 30 heavy (non-hydrogen) atoms. The van der Waals surface area contributed by atoms with Crippen LogP contribution in [0.5, 0.6) is 5.75 Å². The summed E-state index contributed by atoms with van der Waals surface area (Å²) in [6.07, 6.45) is 0.416. The molecule has 11 heteroatoms. The molecule has 0 aliphatic carbocycles. The van der Waals surface area contributed by atoms with Crippen molar-refractivity contribution in [1.29, 1.82) is 0 Å². The molecule has 4 rings (SSSR count). The van der Waals surface area contributed by atoms with Crippen molar-refractivity contribution in [3.05, 3.63) is 53.0 Å². The van der Waals surface area contributed by atoms with Gasteiger partial charge in [-0.25, -0.2) is 4.98 Å². The van der Waals surface area contributed by atoms with Gasteiger partial charge in [-0.2, -0.15) is 13.8 Å². The second kappa shape index (κ2) is 9.09. The number of aryl methyl sites for hydroxylation is 1. The van der Waals surface area contributed by atoms with E-state index in [0.29, 0.717) is 28.1 Å². The van der Waals surface area contributed by atoms with Crippen molar-refractivity contribution < 1.29 is 22.8 Å². The molecule has 0 saturated heterocycles. The monoisotopic (exact) mass is 448 g/mol. The van der Waals surface area contributed by atoms with E-state index >= 15 is 0 Å². The predicted molar refractivity (Wildman–Crippen MR) is 109 cm³/mol. The van der Waals surface area contributed by atoms with Crippen LogP contribution in [0.4, 0.5) is 13.9 Å². The highest BCUT2D eigenvalue weighted by Crippen LogP contribution is 2.33. The topological polar surface area (TPSA) is 90.1 Å². The van der Waals surface area contributed by atoms with Crippen molar-refractivity contribution >= 4 is 33.7 Å². The fourth-order valence-electron chi connectivity index (χ4n) is 2.60. The van der Waals surface area contributed by atoms with Crippen molar-refractivity contribution in [3.8, 4) is 27.7 Å². The Labute approximate surface area is 177 Å². The Morgan fingerprint density at radius 1 is 1.17 bits per heavy atom. The second-order valence-electron chi connectivity index (χ2n) is 5.95. The van der Waals surface area contributed by atoms with Gasteiger partial charge in [-0.3, -0.25) is 4.79 Å². The maximum Gasteiger partial charge on any atom is 0.387 e. The van der Waals surface area contributed by atoms with Gasteiger partial charge in [0.25, 0.3) is 0 Å². The Kier molecular flexibility index (Phi) is 6.10. The molecule has 0 aliphatic rings. The van der Waals surface area contributed by atoms with E-state index in [9.17, 15) is 13.6 Å². The zero-order chi connectivity index (χ0) is 20.9. The first kappa shape index (κ1) is 20.1. The van der Waals surface area contributed by atoms with Gasteiger partial charge in [-0.05, 0) is 23.6 Å². The van der Waals surface area contributed by atoms with Crippen molar-refractivity contribution in [2.24, 2.45) is 0 Å². The zero-order valence-electron chi connectivity index (χ0n) is 15.2. The molecular weight excluding hydrogens is 434 g/mol. The highest BCUT2D eigenvalue weighted by atomic mass is 32.1. The molecule has 4 aromatic rings. The quantitative estimate of drug-likeness (QED) is 0.404. The molecule has 0 spiro atoms. The number of thiophene rings is 1. The van der Waals surface area contributed by atoms with E-state index in [0.717, 1.165) is 4.88 Å². The van der Waals surface area contributed by atoms with Gasteiger partial charge in [-0.1, -0.05) is 23.4 Å². The highest BCUT2D eigenvalue weighted by molar-refractivity contribution is 7.14. The Morgan fingerprint density at radius 2 is 2.03 bits per heavy atom. The van der Waals surface area contributed by atoms with E-state index in [4.69, 9.17) is 4.52 Å². The number of hydrogen-bond acceptors (Lipinski definition) is 8. The van der Waals surface area contributed by atoms with Crippen LogP contribution >= 0.6 is 22.7 Å². The Morgan fingerprint density at radius 3 is 2.83 bits per heavy atom. The first-order chi connectivity index (χ1) is 14.6. The van der Waals surface area contributed by atoms with Crippen LogP contribution < -0.4 is 10.1 Å². The smallest absolute Gasteiger partial charge is 0.387 e. The van der Waals surface area contributed by atoms with Crippen LogP contribution in [0.25, 0.3) is 22.0 Å². The predicted octanol–water partition coefficient (Wildman–Crippen LogP) is 5.09. The summed E-state index contributed by atoms with van der Waals surface area (Å²) in [6, 6.07) is 10.1. The summed E-state index contributed by atoms with van der Waals surface area (Å²) < 4.78 is 34.9. The molecule has 0 bridgehead atoms. The summed E-state index contributed by atoms with van der Waals surface area (Å²) in [4.78, 5) is 21.7. The van der Waals surface area contributed by atoms with E-state index in [1.165, 1.54) is 28.7 Å². The summed E-state index contributed by atoms with van der Waals surface area (Å²) >= 11 is 2.69. The molecule has 154 valence electrons. The minimum absolute atomic E-state index is 0.0219. The maximum atomic E-state index is 12.6. The number of carbonyl (C=O) groups excluding carboxylic acids is 1. The molecule has 1 amide bonds. The maximum absolute atomic E-state index is 12.6. The van der Waals surface area contributed by atoms with Crippen LogP contribution in [0, 0.1) is 0 Å². The van der Waals surface area contributed by atoms with Crippen molar-refractivity contribution in [2.75, 3.05) is 5.32 Å². The largest absolute Gasteiger partial charge is 0.434 e. The van der Waals surface area contributed by atoms with Crippen LogP contribution in [0.3, 0.4) is 0 Å². The lowest BCUT2D eigenvalue weighted by molar-refractivity contribution is -0.116. The van der Waals surface area contributed by atoms with Gasteiger partial charge in [-0.15, -0.1) is 22.7 Å². The number of hydrogen-bond donors (Lipinski definition) is 1. The summed E-state index contributed by atoms with van der Waals surface area (Å²) in [5, 5.41) is 10.5. The standard InChI is InChI=1S/C19H14F2N4O3S2/c20-18(21)27-13-5-2-1-4-11(13)12-10-30-19(22-12)23-15(26)7-8-16-24-17(25-28-16)14-6-3-9-29-14/h1-6,9-10,18H,7-8H2,(H,22,23,26). The van der Waals surface area contributed by atoms with Crippen LogP contribution in [0.1, 0.15) is 12.3 Å². The number of halogens is 2. The Balaban J connectivity index is 1.36. The number of ether oxygens (including phenoxy) is 1. The Bertz CT molecular complexity index is 1130. The van der Waals surface area contributed by atoms with Gasteiger partial charge in [0, 0.05) is 23.8 Å². The average molecular weight is 448 g/mol. The number of carbonyl (C=O) groups is 1. The van der Waals surface area contributed by atoms with E-state index in [-0.39, 0.29) is 24.5 Å². The SMILES string of the molecule is O=C(CCc1nc(-c2cccs2)no1)Nc1nc(-c2ccccc2OC(F)F)cs1. The number of alkyl halides is 2. The van der Waals surface area contributed by atoms with E-state index < -0.39 is 6.61 Å². The average Bonchev–Trinajstić information content (AvgIpc) is 3.48. The lowest BCUT2D eigenvalue weighted by Gasteiger charge is -2.08. The second-order valence-corrected chi connectivity index (χ2v) is 7.76. The van der Waals surface area contributed by atoms with E-state index in [1.54, 1.807) is 23.6 Å². The number of benzene rings is 1. The van der Waals surface area contributed by atoms with Crippen LogP contribution in [0.15, 0.2) is 51.7 Å². The third kappa shape index (κ3) is 4.86. The van der Waals surface area contributed by atoms with Gasteiger partial charge in [0.05, 0.1) is 10.6 Å². The molecule has 0 fully saturated rings. The van der Waals surface area contributed by atoms with Crippen molar-refractivity contribution in [3.63, 3.8) is 0 Å². The normalized spacial score (nSPS) is 11.0. The lowest BCUT2D eigenvalue weighted by atomic mass is 10.1. The van der Waals surface area contributed by atoms with Crippen molar-refractivity contribution in [2.45, 2.75) is 19.5 Å². The van der Waals surface area contributed by atoms with Gasteiger partial charge >= 0.3 is 6.61 Å². The lowest BCUT2D eigenvalue weighted by Crippen LogP contribution is -2.12. The number of para-hydroxylation sites is 1. The number of nitrogens with one attached hydrogen (secondary N) is 1. The van der Waals surface area contributed by atoms with Gasteiger partial charge in [0.15, 0.2) is 5.13 Å². The number of aromatic nitrogens is 3. The highest BCUT2D eigenvalue weighted by Gasteiger charge is 2.15. The summed E-state index contributed by atoms with van der Waals surface area (Å²) in [6.45, 7) is -2.94. The fraction of sp³-hybridized carbons (Fsp3) is 0.158. The third-order valence-electron chi connectivity index (χ3n) is 3.91. The summed E-state index contributed by atoms with van der Waals surface area (Å²) in [7, 11) is 0. The molecule has 0 unspecified atom stereocenters. The molecule has 0 atom stereocenters. The zero-order valence-corrected chi connectivity index (χ0v) is 16.9. The molecule has 7 nitrogen and oxygen atoms in total. The Hall–Kier alpha value is -3.18. The number of anilines is 1.